The second-order valence-electron chi connectivity index (χ2n) is 6.75. The third kappa shape index (κ3) is 4.13. The van der Waals surface area contributed by atoms with Gasteiger partial charge in [-0.25, -0.2) is 0 Å². The molecule has 3 aromatic carbocycles. The molecule has 0 spiro atoms. The number of rotatable bonds is 3. The molecule has 144 valence electrons. The first-order chi connectivity index (χ1) is 13.7. The van der Waals surface area contributed by atoms with Crippen LogP contribution in [-0.4, -0.2) is 14.1 Å². The Morgan fingerprint density at radius 1 is 0.724 bits per heavy atom. The van der Waals surface area contributed by atoms with Crippen LogP contribution < -0.4 is 4.90 Å². The average molecular weight is 389 g/mol. The molecule has 4 heteroatoms. The molecule has 0 fully saturated rings. The highest BCUT2D eigenvalue weighted by atomic mass is 19.4. The van der Waals surface area contributed by atoms with Gasteiger partial charge in [0.2, 0.25) is 0 Å². The Morgan fingerprint density at radius 3 is 1.48 bits per heavy atom. The van der Waals surface area contributed by atoms with Gasteiger partial charge in [0.25, 0.3) is 0 Å². The Labute approximate surface area is 168 Å². The minimum absolute atomic E-state index is 0.565. The van der Waals surface area contributed by atoms with E-state index in [1.807, 2.05) is 49.3 Å². The van der Waals surface area contributed by atoms with E-state index in [-0.39, 0.29) is 0 Å². The fourth-order valence-corrected chi connectivity index (χ4v) is 3.09. The number of alkyl halides is 3. The van der Waals surface area contributed by atoms with Gasteiger partial charge in [-0.05, 0) is 58.7 Å². The summed E-state index contributed by atoms with van der Waals surface area (Å²) in [6, 6.07) is 16.4. The van der Waals surface area contributed by atoms with Crippen molar-refractivity contribution in [3.05, 3.63) is 77.4 Å². The van der Waals surface area contributed by atoms with Crippen molar-refractivity contribution in [2.24, 2.45) is 0 Å². The molecule has 3 aromatic rings. The van der Waals surface area contributed by atoms with Crippen LogP contribution in [0.1, 0.15) is 16.7 Å². The van der Waals surface area contributed by atoms with Crippen LogP contribution in [0.4, 0.5) is 18.9 Å². The average Bonchev–Trinajstić information content (AvgIpc) is 2.72. The number of hydrogen-bond donors (Lipinski definition) is 0. The summed E-state index contributed by atoms with van der Waals surface area (Å²) in [5.41, 5.74) is 4.46. The van der Waals surface area contributed by atoms with Crippen molar-refractivity contribution in [3.8, 4) is 46.9 Å². The van der Waals surface area contributed by atoms with Crippen molar-refractivity contribution in [1.29, 1.82) is 0 Å². The minimum Gasteiger partial charge on any atom is -0.378 e. The molecule has 0 amide bonds. The molecule has 29 heavy (non-hydrogen) atoms. The number of nitrogens with zero attached hydrogens (tertiary/aromatic N) is 1. The molecule has 0 aromatic heterocycles. The van der Waals surface area contributed by atoms with Crippen LogP contribution in [0.2, 0.25) is 0 Å². The third-order valence-corrected chi connectivity index (χ3v) is 4.69. The first kappa shape index (κ1) is 20.1. The van der Waals surface area contributed by atoms with Crippen LogP contribution in [0.15, 0.2) is 60.7 Å². The predicted molar refractivity (Wildman–Crippen MR) is 113 cm³/mol. The summed E-state index contributed by atoms with van der Waals surface area (Å²) < 4.78 is 38.5. The zero-order chi connectivity index (χ0) is 21.2. The lowest BCUT2D eigenvalue weighted by atomic mass is 9.91. The van der Waals surface area contributed by atoms with E-state index in [1.54, 1.807) is 6.07 Å². The molecular weight excluding hydrogens is 371 g/mol. The van der Waals surface area contributed by atoms with E-state index in [4.69, 9.17) is 12.8 Å². The van der Waals surface area contributed by atoms with E-state index in [1.165, 1.54) is 12.1 Å². The largest absolute Gasteiger partial charge is 0.416 e. The van der Waals surface area contributed by atoms with Crippen LogP contribution >= 0.6 is 0 Å². The third-order valence-electron chi connectivity index (χ3n) is 4.69. The molecule has 3 rings (SSSR count). The Balaban J connectivity index is 2.10. The van der Waals surface area contributed by atoms with Gasteiger partial charge in [0.05, 0.1) is 5.56 Å². The lowest BCUT2D eigenvalue weighted by Crippen LogP contribution is -2.07. The number of hydrogen-bond acceptors (Lipinski definition) is 1. The monoisotopic (exact) mass is 389 g/mol. The van der Waals surface area contributed by atoms with E-state index in [9.17, 15) is 13.2 Å². The molecule has 0 heterocycles. The number of anilines is 1. The van der Waals surface area contributed by atoms with E-state index in [0.717, 1.165) is 28.9 Å². The topological polar surface area (TPSA) is 3.24 Å². The maximum atomic E-state index is 12.8. The Morgan fingerprint density at radius 2 is 1.14 bits per heavy atom. The van der Waals surface area contributed by atoms with Gasteiger partial charge in [-0.15, -0.1) is 12.8 Å². The highest BCUT2D eigenvalue weighted by molar-refractivity contribution is 5.81. The fraction of sp³-hybridized carbons (Fsp3) is 0.120. The minimum atomic E-state index is -4.39. The van der Waals surface area contributed by atoms with E-state index in [0.29, 0.717) is 22.3 Å². The highest BCUT2D eigenvalue weighted by Crippen LogP contribution is 2.35. The molecule has 0 saturated heterocycles. The number of halogens is 3. The first-order valence-electron chi connectivity index (χ1n) is 8.81. The van der Waals surface area contributed by atoms with Crippen LogP contribution in [0.5, 0.6) is 0 Å². The van der Waals surface area contributed by atoms with Crippen LogP contribution in [-0.2, 0) is 6.18 Å². The molecule has 0 aliphatic heterocycles. The SMILES string of the molecule is C#Cc1cc(-c2ccc(C(F)(F)F)cc2)c(C#C)cc1-c1ccc(N(C)C)cc1. The predicted octanol–water partition coefficient (Wildman–Crippen LogP) is 6.07. The van der Waals surface area contributed by atoms with Crippen molar-refractivity contribution in [3.63, 3.8) is 0 Å². The lowest BCUT2D eigenvalue weighted by Gasteiger charge is -2.15. The summed E-state index contributed by atoms with van der Waals surface area (Å²) in [5, 5.41) is 0. The molecule has 0 atom stereocenters. The first-order valence-corrected chi connectivity index (χ1v) is 8.81. The molecule has 0 N–H and O–H groups in total. The van der Waals surface area contributed by atoms with Gasteiger partial charge < -0.3 is 4.90 Å². The van der Waals surface area contributed by atoms with Gasteiger partial charge >= 0.3 is 6.18 Å². The normalized spacial score (nSPS) is 10.9. The Kier molecular flexibility index (Phi) is 5.39. The van der Waals surface area contributed by atoms with Gasteiger partial charge in [0, 0.05) is 30.9 Å². The van der Waals surface area contributed by atoms with Crippen molar-refractivity contribution in [2.75, 3.05) is 19.0 Å². The number of terminal acetylenes is 2. The lowest BCUT2D eigenvalue weighted by molar-refractivity contribution is -0.137. The van der Waals surface area contributed by atoms with Gasteiger partial charge in [-0.2, -0.15) is 13.2 Å². The number of benzene rings is 3. The summed E-state index contributed by atoms with van der Waals surface area (Å²) >= 11 is 0. The molecule has 0 bridgehead atoms. The molecule has 0 saturated carbocycles. The molecule has 1 nitrogen and oxygen atoms in total. The maximum absolute atomic E-state index is 12.8. The summed E-state index contributed by atoms with van der Waals surface area (Å²) in [6.07, 6.45) is 7.04. The molecule has 0 aliphatic carbocycles. The van der Waals surface area contributed by atoms with Crippen molar-refractivity contribution in [2.45, 2.75) is 6.18 Å². The smallest absolute Gasteiger partial charge is 0.378 e. The summed E-state index contributed by atoms with van der Waals surface area (Å²) in [6.45, 7) is 0. The van der Waals surface area contributed by atoms with Crippen LogP contribution in [0.25, 0.3) is 22.3 Å². The Bertz CT molecular complexity index is 1110. The van der Waals surface area contributed by atoms with Crippen LogP contribution in [0.3, 0.4) is 0 Å². The molecule has 0 aliphatic rings. The van der Waals surface area contributed by atoms with Gasteiger partial charge in [-0.1, -0.05) is 36.1 Å². The summed E-state index contributed by atoms with van der Waals surface area (Å²) in [5.74, 6) is 5.30. The summed E-state index contributed by atoms with van der Waals surface area (Å²) in [7, 11) is 3.91. The van der Waals surface area contributed by atoms with E-state index >= 15 is 0 Å². The Hall–Kier alpha value is -3.63. The van der Waals surface area contributed by atoms with Gasteiger partial charge in [0.1, 0.15) is 0 Å². The van der Waals surface area contributed by atoms with Crippen molar-refractivity contribution in [1.82, 2.24) is 0 Å². The second-order valence-corrected chi connectivity index (χ2v) is 6.75. The zero-order valence-corrected chi connectivity index (χ0v) is 16.0. The van der Waals surface area contributed by atoms with Gasteiger partial charge in [0.15, 0.2) is 0 Å². The van der Waals surface area contributed by atoms with Gasteiger partial charge in [-0.3, -0.25) is 0 Å². The molecule has 0 unspecified atom stereocenters. The van der Waals surface area contributed by atoms with Crippen molar-refractivity contribution < 1.29 is 13.2 Å². The highest BCUT2D eigenvalue weighted by Gasteiger charge is 2.30. The molecular formula is C25H18F3N. The standard InChI is InChI=1S/C25H18F3N/c1-5-17-16-24(20-9-13-22(14-10-20)29(3)4)18(6-2)15-23(17)19-7-11-21(12-8-19)25(26,27)28/h1-2,7-16H,3-4H3. The van der Waals surface area contributed by atoms with Crippen molar-refractivity contribution >= 4 is 5.69 Å². The van der Waals surface area contributed by atoms with E-state index < -0.39 is 11.7 Å². The quantitative estimate of drug-likeness (QED) is 0.492. The molecule has 0 radical (unpaired) electrons. The maximum Gasteiger partial charge on any atom is 0.416 e. The van der Waals surface area contributed by atoms with Crippen LogP contribution in [0, 0.1) is 24.7 Å². The fourth-order valence-electron chi connectivity index (χ4n) is 3.09. The summed E-state index contributed by atoms with van der Waals surface area (Å²) in [4.78, 5) is 1.99. The zero-order valence-electron chi connectivity index (χ0n) is 16.0. The van der Waals surface area contributed by atoms with E-state index in [2.05, 4.69) is 11.8 Å². The second kappa shape index (κ2) is 7.78.